The van der Waals surface area contributed by atoms with Gasteiger partial charge in [-0.2, -0.15) is 0 Å². The van der Waals surface area contributed by atoms with Crippen LogP contribution in [0, 0.1) is 0 Å². The van der Waals surface area contributed by atoms with E-state index in [1.54, 1.807) is 19.1 Å². The average molecular weight is 292 g/mol. The van der Waals surface area contributed by atoms with E-state index in [-0.39, 0.29) is 5.75 Å². The van der Waals surface area contributed by atoms with Gasteiger partial charge in [0.05, 0.1) is 6.10 Å². The first-order valence-corrected chi connectivity index (χ1v) is 6.82. The van der Waals surface area contributed by atoms with Crippen LogP contribution in [0.3, 0.4) is 0 Å². The van der Waals surface area contributed by atoms with E-state index in [0.29, 0.717) is 12.1 Å². The highest BCUT2D eigenvalue weighted by Crippen LogP contribution is 2.29. The summed E-state index contributed by atoms with van der Waals surface area (Å²) in [4.78, 5) is 1.99. The molecular formula is C16H18ClNO2. The Balaban J connectivity index is 2.20. The van der Waals surface area contributed by atoms with Crippen molar-refractivity contribution in [1.29, 1.82) is 0 Å². The molecule has 0 saturated heterocycles. The zero-order valence-corrected chi connectivity index (χ0v) is 12.3. The van der Waals surface area contributed by atoms with Crippen molar-refractivity contribution in [1.82, 2.24) is 0 Å². The second-order valence-electron chi connectivity index (χ2n) is 4.87. The first-order valence-electron chi connectivity index (χ1n) is 6.44. The molecule has 4 heteroatoms. The van der Waals surface area contributed by atoms with E-state index >= 15 is 0 Å². The summed E-state index contributed by atoms with van der Waals surface area (Å²) in [5.74, 6) is 0.100. The smallest absolute Gasteiger partial charge is 0.123 e. The minimum absolute atomic E-state index is 0.100. The Bertz CT molecular complexity index is 599. The Morgan fingerprint density at radius 1 is 1.20 bits per heavy atom. The Morgan fingerprint density at radius 2 is 1.90 bits per heavy atom. The quantitative estimate of drug-likeness (QED) is 0.902. The highest BCUT2D eigenvalue weighted by molar-refractivity contribution is 6.31. The Morgan fingerprint density at radius 3 is 2.50 bits per heavy atom. The highest BCUT2D eigenvalue weighted by Gasteiger charge is 2.10. The maximum atomic E-state index is 9.92. The second-order valence-corrected chi connectivity index (χ2v) is 5.27. The van der Waals surface area contributed by atoms with Gasteiger partial charge in [-0.25, -0.2) is 0 Å². The number of phenols is 1. The van der Waals surface area contributed by atoms with E-state index in [0.717, 1.165) is 16.3 Å². The highest BCUT2D eigenvalue weighted by atomic mass is 35.5. The lowest BCUT2D eigenvalue weighted by molar-refractivity contribution is 0.195. The normalized spacial score (nSPS) is 12.2. The summed E-state index contributed by atoms with van der Waals surface area (Å²) in [6.45, 7) is 2.27. The molecule has 0 aliphatic rings. The summed E-state index contributed by atoms with van der Waals surface area (Å²) < 4.78 is 0. The van der Waals surface area contributed by atoms with Gasteiger partial charge in [0.2, 0.25) is 0 Å². The molecule has 0 radical (unpaired) electrons. The van der Waals surface area contributed by atoms with Crippen LogP contribution in [0.15, 0.2) is 42.5 Å². The molecule has 20 heavy (non-hydrogen) atoms. The van der Waals surface area contributed by atoms with Gasteiger partial charge in [0.1, 0.15) is 5.75 Å². The number of rotatable bonds is 4. The zero-order chi connectivity index (χ0) is 14.7. The van der Waals surface area contributed by atoms with Crippen molar-refractivity contribution in [3.63, 3.8) is 0 Å². The molecule has 0 aliphatic carbocycles. The number of phenolic OH excluding ortho intramolecular Hbond substituents is 1. The van der Waals surface area contributed by atoms with E-state index in [9.17, 15) is 10.2 Å². The van der Waals surface area contributed by atoms with Crippen LogP contribution < -0.4 is 4.90 Å². The molecule has 0 aromatic heterocycles. The van der Waals surface area contributed by atoms with Crippen molar-refractivity contribution in [2.45, 2.75) is 19.6 Å². The minimum atomic E-state index is -0.682. The van der Waals surface area contributed by atoms with Gasteiger partial charge in [-0.3, -0.25) is 0 Å². The van der Waals surface area contributed by atoms with E-state index in [1.165, 1.54) is 0 Å². The molecular weight excluding hydrogens is 274 g/mol. The maximum Gasteiger partial charge on any atom is 0.123 e. The minimum Gasteiger partial charge on any atom is -0.507 e. The topological polar surface area (TPSA) is 43.7 Å². The number of aromatic hydroxyl groups is 1. The van der Waals surface area contributed by atoms with Gasteiger partial charge in [-0.15, -0.1) is 0 Å². The Kier molecular flexibility index (Phi) is 4.53. The van der Waals surface area contributed by atoms with Crippen molar-refractivity contribution in [2.24, 2.45) is 0 Å². The van der Waals surface area contributed by atoms with Gasteiger partial charge in [-0.05, 0) is 24.6 Å². The number of anilines is 1. The third kappa shape index (κ3) is 3.24. The molecule has 0 bridgehead atoms. The summed E-state index contributed by atoms with van der Waals surface area (Å²) in [5, 5.41) is 20.2. The Labute approximate surface area is 124 Å². The first-order chi connectivity index (χ1) is 9.49. The second kappa shape index (κ2) is 6.16. The third-order valence-corrected chi connectivity index (χ3v) is 3.64. The molecule has 2 N–H and O–H groups in total. The first kappa shape index (κ1) is 14.7. The van der Waals surface area contributed by atoms with Gasteiger partial charge in [0, 0.05) is 35.9 Å². The van der Waals surface area contributed by atoms with E-state index in [2.05, 4.69) is 0 Å². The van der Waals surface area contributed by atoms with Crippen molar-refractivity contribution in [3.8, 4) is 5.75 Å². The van der Waals surface area contributed by atoms with Crippen LogP contribution in [0.5, 0.6) is 5.75 Å². The van der Waals surface area contributed by atoms with Gasteiger partial charge >= 0.3 is 0 Å². The third-order valence-electron chi connectivity index (χ3n) is 3.27. The summed E-state index contributed by atoms with van der Waals surface area (Å²) in [7, 11) is 1.93. The number of aliphatic hydroxyl groups is 1. The number of hydrogen-bond donors (Lipinski definition) is 2. The van der Waals surface area contributed by atoms with Gasteiger partial charge in [0.15, 0.2) is 0 Å². The molecule has 1 atom stereocenters. The summed E-state index contributed by atoms with van der Waals surface area (Å²) in [6.07, 6.45) is -0.682. The van der Waals surface area contributed by atoms with Crippen molar-refractivity contribution >= 4 is 17.3 Å². The molecule has 2 aromatic carbocycles. The van der Waals surface area contributed by atoms with Crippen LogP contribution >= 0.6 is 11.6 Å². The lowest BCUT2D eigenvalue weighted by atomic mass is 10.1. The zero-order valence-electron chi connectivity index (χ0n) is 11.5. The van der Waals surface area contributed by atoms with Gasteiger partial charge in [-0.1, -0.05) is 35.9 Å². The monoisotopic (exact) mass is 291 g/mol. The molecule has 2 rings (SSSR count). The van der Waals surface area contributed by atoms with Crippen molar-refractivity contribution in [3.05, 3.63) is 58.6 Å². The van der Waals surface area contributed by atoms with Gasteiger partial charge < -0.3 is 15.1 Å². The van der Waals surface area contributed by atoms with Crippen LogP contribution in [-0.2, 0) is 6.54 Å². The number of nitrogens with zero attached hydrogens (tertiary/aromatic N) is 1. The van der Waals surface area contributed by atoms with E-state index in [4.69, 9.17) is 11.6 Å². The van der Waals surface area contributed by atoms with Crippen LogP contribution in [-0.4, -0.2) is 17.3 Å². The molecule has 3 nitrogen and oxygen atoms in total. The predicted molar refractivity (Wildman–Crippen MR) is 82.3 cm³/mol. The van der Waals surface area contributed by atoms with E-state index < -0.39 is 6.10 Å². The van der Waals surface area contributed by atoms with Gasteiger partial charge in [0.25, 0.3) is 0 Å². The van der Waals surface area contributed by atoms with Crippen LogP contribution in [0.4, 0.5) is 5.69 Å². The average Bonchev–Trinajstić information content (AvgIpc) is 2.40. The molecule has 0 fully saturated rings. The van der Waals surface area contributed by atoms with Crippen LogP contribution in [0.1, 0.15) is 24.2 Å². The molecule has 1 unspecified atom stereocenters. The molecule has 106 valence electrons. The van der Waals surface area contributed by atoms with Crippen molar-refractivity contribution in [2.75, 3.05) is 11.9 Å². The molecule has 2 aromatic rings. The molecule has 0 saturated carbocycles. The summed E-state index contributed by atoms with van der Waals surface area (Å²) in [5.41, 5.74) is 2.42. The number of benzene rings is 2. The van der Waals surface area contributed by atoms with Crippen LogP contribution in [0.2, 0.25) is 5.02 Å². The fourth-order valence-electron chi connectivity index (χ4n) is 2.10. The molecule has 0 spiro atoms. The van der Waals surface area contributed by atoms with Crippen LogP contribution in [0.25, 0.3) is 0 Å². The lowest BCUT2D eigenvalue weighted by Crippen LogP contribution is -2.16. The SMILES string of the molecule is CC(O)c1ccc(N(C)Cc2ccccc2Cl)cc1O. The molecule has 0 aliphatic heterocycles. The maximum absolute atomic E-state index is 9.92. The molecule has 0 heterocycles. The Hall–Kier alpha value is -1.71. The summed E-state index contributed by atoms with van der Waals surface area (Å²) >= 11 is 6.14. The summed E-state index contributed by atoms with van der Waals surface area (Å²) in [6, 6.07) is 12.9. The standard InChI is InChI=1S/C16H18ClNO2/c1-11(19)14-8-7-13(9-16(14)20)18(2)10-12-5-3-4-6-15(12)17/h3-9,11,19-20H,10H2,1-2H3. The lowest BCUT2D eigenvalue weighted by Gasteiger charge is -2.21. The largest absolute Gasteiger partial charge is 0.507 e. The number of aliphatic hydroxyl groups excluding tert-OH is 1. The number of halogens is 1. The molecule has 0 amide bonds. The van der Waals surface area contributed by atoms with Crippen molar-refractivity contribution < 1.29 is 10.2 Å². The number of hydrogen-bond acceptors (Lipinski definition) is 3. The predicted octanol–water partition coefficient (Wildman–Crippen LogP) is 3.74. The fourth-order valence-corrected chi connectivity index (χ4v) is 2.29. The fraction of sp³-hybridized carbons (Fsp3) is 0.250. The van der Waals surface area contributed by atoms with E-state index in [1.807, 2.05) is 42.3 Å².